The van der Waals surface area contributed by atoms with E-state index in [0.29, 0.717) is 0 Å². The topological polar surface area (TPSA) is 41.1 Å². The second-order valence-corrected chi connectivity index (χ2v) is 7.35. The van der Waals surface area contributed by atoms with Gasteiger partial charge in [-0.05, 0) is 45.4 Å². The highest BCUT2D eigenvalue weighted by molar-refractivity contribution is 5.32. The van der Waals surface area contributed by atoms with Gasteiger partial charge in [-0.2, -0.15) is 0 Å². The van der Waals surface area contributed by atoms with Gasteiger partial charge in [0.05, 0.1) is 0 Å². The van der Waals surface area contributed by atoms with Crippen LogP contribution in [0.4, 0.5) is 5.95 Å². The molecule has 2 unspecified atom stereocenters. The van der Waals surface area contributed by atoms with Crippen molar-refractivity contribution in [2.75, 3.05) is 18.0 Å². The fourth-order valence-corrected chi connectivity index (χ4v) is 3.37. The molecule has 1 saturated heterocycles. The Morgan fingerprint density at radius 1 is 1.15 bits per heavy atom. The van der Waals surface area contributed by atoms with Crippen LogP contribution in [-0.2, 0) is 6.54 Å². The van der Waals surface area contributed by atoms with Crippen molar-refractivity contribution in [1.82, 2.24) is 15.3 Å². The number of anilines is 1. The van der Waals surface area contributed by atoms with E-state index < -0.39 is 0 Å². The van der Waals surface area contributed by atoms with E-state index in [4.69, 9.17) is 0 Å². The van der Waals surface area contributed by atoms with Crippen molar-refractivity contribution in [2.45, 2.75) is 52.1 Å². The molecule has 2 aliphatic rings. The first-order valence-electron chi connectivity index (χ1n) is 7.82. The van der Waals surface area contributed by atoms with Crippen molar-refractivity contribution < 1.29 is 0 Å². The molecule has 4 nitrogen and oxygen atoms in total. The summed E-state index contributed by atoms with van der Waals surface area (Å²) in [5, 5.41) is 3.47. The van der Waals surface area contributed by atoms with Gasteiger partial charge < -0.3 is 10.2 Å². The molecule has 3 rings (SSSR count). The molecule has 0 radical (unpaired) electrons. The molecular weight excluding hydrogens is 248 g/mol. The van der Waals surface area contributed by atoms with Gasteiger partial charge in [-0.1, -0.05) is 6.42 Å². The molecule has 0 aromatic carbocycles. The first kappa shape index (κ1) is 13.8. The first-order chi connectivity index (χ1) is 9.51. The van der Waals surface area contributed by atoms with E-state index in [1.807, 2.05) is 12.4 Å². The largest absolute Gasteiger partial charge is 0.340 e. The van der Waals surface area contributed by atoms with Gasteiger partial charge in [0.2, 0.25) is 5.95 Å². The van der Waals surface area contributed by atoms with Crippen LogP contribution in [0.1, 0.15) is 45.6 Å². The van der Waals surface area contributed by atoms with Crippen molar-refractivity contribution >= 4 is 5.95 Å². The third-order valence-corrected chi connectivity index (χ3v) is 4.52. The average Bonchev–Trinajstić information content (AvgIpc) is 2.97. The van der Waals surface area contributed by atoms with Crippen molar-refractivity contribution in [2.24, 2.45) is 11.8 Å². The second kappa shape index (κ2) is 5.32. The summed E-state index contributed by atoms with van der Waals surface area (Å²) in [5.74, 6) is 2.69. The molecule has 1 aromatic heterocycles. The monoisotopic (exact) mass is 274 g/mol. The third-order valence-electron chi connectivity index (χ3n) is 4.52. The maximum absolute atomic E-state index is 4.56. The van der Waals surface area contributed by atoms with Gasteiger partial charge in [0, 0.05) is 43.1 Å². The van der Waals surface area contributed by atoms with Gasteiger partial charge in [0.1, 0.15) is 0 Å². The van der Waals surface area contributed by atoms with E-state index in [-0.39, 0.29) is 5.54 Å². The van der Waals surface area contributed by atoms with E-state index in [1.54, 1.807) is 0 Å². The minimum absolute atomic E-state index is 0.130. The standard InChI is InChI=1S/C16H26N4/c1-16(2,3)19-9-12-7-17-15(18-8-12)20-10-13-5-4-6-14(13)11-20/h7-8,13-14,19H,4-6,9-11H2,1-3H3. The molecule has 110 valence electrons. The van der Waals surface area contributed by atoms with Gasteiger partial charge in [-0.25, -0.2) is 9.97 Å². The van der Waals surface area contributed by atoms with Gasteiger partial charge in [-0.3, -0.25) is 0 Å². The Morgan fingerprint density at radius 3 is 2.30 bits per heavy atom. The normalized spacial score (nSPS) is 26.1. The van der Waals surface area contributed by atoms with Crippen molar-refractivity contribution in [3.05, 3.63) is 18.0 Å². The summed E-state index contributed by atoms with van der Waals surface area (Å²) in [6, 6.07) is 0. The third kappa shape index (κ3) is 3.11. The summed E-state index contributed by atoms with van der Waals surface area (Å²) in [5.41, 5.74) is 1.29. The molecule has 2 heterocycles. The number of nitrogens with one attached hydrogen (secondary N) is 1. The maximum atomic E-state index is 4.56. The number of aromatic nitrogens is 2. The van der Waals surface area contributed by atoms with E-state index in [0.717, 1.165) is 43.0 Å². The molecule has 1 aromatic rings. The van der Waals surface area contributed by atoms with Crippen LogP contribution in [0.2, 0.25) is 0 Å². The fraction of sp³-hybridized carbons (Fsp3) is 0.750. The predicted octanol–water partition coefficient (Wildman–Crippen LogP) is 2.60. The number of fused-ring (bicyclic) bond motifs is 1. The highest BCUT2D eigenvalue weighted by Crippen LogP contribution is 2.38. The number of hydrogen-bond acceptors (Lipinski definition) is 4. The summed E-state index contributed by atoms with van der Waals surface area (Å²) in [4.78, 5) is 11.5. The quantitative estimate of drug-likeness (QED) is 0.920. The minimum atomic E-state index is 0.130. The number of nitrogens with zero attached hydrogens (tertiary/aromatic N) is 3. The second-order valence-electron chi connectivity index (χ2n) is 7.35. The van der Waals surface area contributed by atoms with Crippen LogP contribution in [0.5, 0.6) is 0 Å². The van der Waals surface area contributed by atoms with Crippen molar-refractivity contribution in [3.63, 3.8) is 0 Å². The summed E-state index contributed by atoms with van der Waals surface area (Å²) in [7, 11) is 0. The average molecular weight is 274 g/mol. The Balaban J connectivity index is 1.59. The predicted molar refractivity (Wildman–Crippen MR) is 81.7 cm³/mol. The van der Waals surface area contributed by atoms with Crippen molar-refractivity contribution in [3.8, 4) is 0 Å². The molecular formula is C16H26N4. The van der Waals surface area contributed by atoms with Crippen LogP contribution in [0.3, 0.4) is 0 Å². The van der Waals surface area contributed by atoms with Crippen LogP contribution in [0.15, 0.2) is 12.4 Å². The van der Waals surface area contributed by atoms with E-state index in [9.17, 15) is 0 Å². The zero-order valence-corrected chi connectivity index (χ0v) is 12.9. The molecule has 2 atom stereocenters. The Hall–Kier alpha value is -1.16. The lowest BCUT2D eigenvalue weighted by atomic mass is 10.0. The van der Waals surface area contributed by atoms with E-state index in [2.05, 4.69) is 41.0 Å². The van der Waals surface area contributed by atoms with Crippen LogP contribution < -0.4 is 10.2 Å². The molecule has 0 bridgehead atoms. The molecule has 1 N–H and O–H groups in total. The zero-order valence-electron chi connectivity index (χ0n) is 12.9. The Kier molecular flexibility index (Phi) is 3.67. The summed E-state index contributed by atoms with van der Waals surface area (Å²) < 4.78 is 0. The Bertz CT molecular complexity index is 437. The van der Waals surface area contributed by atoms with E-state index in [1.165, 1.54) is 19.3 Å². The first-order valence-corrected chi connectivity index (χ1v) is 7.82. The minimum Gasteiger partial charge on any atom is -0.340 e. The molecule has 1 saturated carbocycles. The fourth-order valence-electron chi connectivity index (χ4n) is 3.37. The molecule has 0 amide bonds. The van der Waals surface area contributed by atoms with Gasteiger partial charge in [0.25, 0.3) is 0 Å². The Labute approximate surface area is 122 Å². The SMILES string of the molecule is CC(C)(C)NCc1cnc(N2CC3CCCC3C2)nc1. The lowest BCUT2D eigenvalue weighted by molar-refractivity contribution is 0.423. The highest BCUT2D eigenvalue weighted by Gasteiger charge is 2.36. The maximum Gasteiger partial charge on any atom is 0.225 e. The van der Waals surface area contributed by atoms with Crippen molar-refractivity contribution in [1.29, 1.82) is 0 Å². The summed E-state index contributed by atoms with van der Waals surface area (Å²) >= 11 is 0. The lowest BCUT2D eigenvalue weighted by Crippen LogP contribution is -2.35. The zero-order chi connectivity index (χ0) is 14.2. The lowest BCUT2D eigenvalue weighted by Gasteiger charge is -2.21. The summed E-state index contributed by atoms with van der Waals surface area (Å²) in [6.45, 7) is 9.66. The molecule has 1 aliphatic carbocycles. The molecule has 1 aliphatic heterocycles. The van der Waals surface area contributed by atoms with Crippen LogP contribution in [-0.4, -0.2) is 28.6 Å². The molecule has 4 heteroatoms. The number of rotatable bonds is 3. The van der Waals surface area contributed by atoms with Crippen LogP contribution in [0, 0.1) is 11.8 Å². The molecule has 0 spiro atoms. The van der Waals surface area contributed by atoms with Crippen LogP contribution >= 0.6 is 0 Å². The molecule has 20 heavy (non-hydrogen) atoms. The number of hydrogen-bond donors (Lipinski definition) is 1. The van der Waals surface area contributed by atoms with E-state index >= 15 is 0 Å². The van der Waals surface area contributed by atoms with Gasteiger partial charge in [0.15, 0.2) is 0 Å². The molecule has 2 fully saturated rings. The van der Waals surface area contributed by atoms with Gasteiger partial charge >= 0.3 is 0 Å². The smallest absolute Gasteiger partial charge is 0.225 e. The Morgan fingerprint density at radius 2 is 1.75 bits per heavy atom. The van der Waals surface area contributed by atoms with Gasteiger partial charge in [-0.15, -0.1) is 0 Å². The highest BCUT2D eigenvalue weighted by atomic mass is 15.3. The summed E-state index contributed by atoms with van der Waals surface area (Å²) in [6.07, 6.45) is 8.15. The van der Waals surface area contributed by atoms with Crippen LogP contribution in [0.25, 0.3) is 0 Å².